The molecule has 3 aromatic heterocycles. The Kier molecular flexibility index (Phi) is 3.92. The number of ether oxygens (including phenoxy) is 1. The van der Waals surface area contributed by atoms with Crippen molar-refractivity contribution < 1.29 is 9.84 Å². The summed E-state index contributed by atoms with van der Waals surface area (Å²) in [5.74, 6) is 1.02. The SMILES string of the molecule is CC(C)(O)Cn1nc(-c2ccc3nc(OC4CC4)ccc3c2)c2c(N)ncnc21. The van der Waals surface area contributed by atoms with Crippen LogP contribution in [0, 0.1) is 0 Å². The first kappa shape index (κ1) is 17.8. The Morgan fingerprint density at radius 3 is 2.79 bits per heavy atom. The molecule has 8 nitrogen and oxygen atoms in total. The van der Waals surface area contributed by atoms with Crippen molar-refractivity contribution in [2.75, 3.05) is 5.73 Å². The first-order chi connectivity index (χ1) is 13.9. The second-order valence-corrected chi connectivity index (χ2v) is 8.15. The van der Waals surface area contributed by atoms with E-state index in [0.29, 0.717) is 34.5 Å². The van der Waals surface area contributed by atoms with E-state index in [1.165, 1.54) is 6.33 Å². The predicted octanol–water partition coefficient (Wildman–Crippen LogP) is 2.94. The smallest absolute Gasteiger partial charge is 0.214 e. The molecular weight excluding hydrogens is 368 g/mol. The molecule has 1 aromatic carbocycles. The van der Waals surface area contributed by atoms with Gasteiger partial charge in [-0.25, -0.2) is 19.6 Å². The number of hydrogen-bond acceptors (Lipinski definition) is 7. The highest BCUT2D eigenvalue weighted by Gasteiger charge is 2.24. The lowest BCUT2D eigenvalue weighted by Gasteiger charge is -2.16. The molecule has 0 unspecified atom stereocenters. The van der Waals surface area contributed by atoms with Crippen LogP contribution in [0.3, 0.4) is 0 Å². The number of nitrogen functional groups attached to an aromatic ring is 1. The molecule has 29 heavy (non-hydrogen) atoms. The predicted molar refractivity (Wildman–Crippen MR) is 110 cm³/mol. The van der Waals surface area contributed by atoms with E-state index in [2.05, 4.69) is 15.0 Å². The number of fused-ring (bicyclic) bond motifs is 2. The van der Waals surface area contributed by atoms with Crippen LogP contribution in [0.5, 0.6) is 5.88 Å². The maximum absolute atomic E-state index is 10.3. The summed E-state index contributed by atoms with van der Waals surface area (Å²) in [6, 6.07) is 9.82. The summed E-state index contributed by atoms with van der Waals surface area (Å²) >= 11 is 0. The van der Waals surface area contributed by atoms with Gasteiger partial charge in [0.05, 0.1) is 23.0 Å². The monoisotopic (exact) mass is 390 g/mol. The van der Waals surface area contributed by atoms with Crippen molar-refractivity contribution >= 4 is 27.8 Å². The van der Waals surface area contributed by atoms with E-state index in [9.17, 15) is 5.11 Å². The molecule has 5 rings (SSSR count). The zero-order valence-corrected chi connectivity index (χ0v) is 16.3. The molecule has 3 N–H and O–H groups in total. The van der Waals surface area contributed by atoms with Gasteiger partial charge < -0.3 is 15.6 Å². The van der Waals surface area contributed by atoms with Crippen LogP contribution in [-0.2, 0) is 6.54 Å². The molecule has 148 valence electrons. The minimum atomic E-state index is -0.943. The molecule has 1 aliphatic carbocycles. The lowest BCUT2D eigenvalue weighted by atomic mass is 10.1. The molecule has 1 fully saturated rings. The van der Waals surface area contributed by atoms with Crippen molar-refractivity contribution in [1.82, 2.24) is 24.7 Å². The third-order valence-electron chi connectivity index (χ3n) is 4.84. The van der Waals surface area contributed by atoms with Gasteiger partial charge in [0.2, 0.25) is 5.88 Å². The number of anilines is 1. The van der Waals surface area contributed by atoms with Crippen LogP contribution >= 0.6 is 0 Å². The van der Waals surface area contributed by atoms with E-state index in [4.69, 9.17) is 15.6 Å². The highest BCUT2D eigenvalue weighted by atomic mass is 16.5. The maximum atomic E-state index is 10.3. The van der Waals surface area contributed by atoms with E-state index in [1.807, 2.05) is 30.3 Å². The van der Waals surface area contributed by atoms with Gasteiger partial charge in [0.1, 0.15) is 23.9 Å². The van der Waals surface area contributed by atoms with Gasteiger partial charge in [0.25, 0.3) is 0 Å². The minimum Gasteiger partial charge on any atom is -0.474 e. The van der Waals surface area contributed by atoms with Crippen LogP contribution in [-0.4, -0.2) is 41.5 Å². The van der Waals surface area contributed by atoms with Crippen LogP contribution in [0.4, 0.5) is 5.82 Å². The average molecular weight is 390 g/mol. The number of pyridine rings is 1. The summed E-state index contributed by atoms with van der Waals surface area (Å²) in [4.78, 5) is 13.1. The van der Waals surface area contributed by atoms with Crippen LogP contribution in [0.25, 0.3) is 33.2 Å². The van der Waals surface area contributed by atoms with Crippen LogP contribution in [0.1, 0.15) is 26.7 Å². The minimum absolute atomic E-state index is 0.289. The van der Waals surface area contributed by atoms with Gasteiger partial charge in [0.15, 0.2) is 5.65 Å². The Labute approximate surface area is 167 Å². The quantitative estimate of drug-likeness (QED) is 0.539. The van der Waals surface area contributed by atoms with E-state index < -0.39 is 5.60 Å². The molecular formula is C21H22N6O2. The highest BCUT2D eigenvalue weighted by Crippen LogP contribution is 2.33. The summed E-state index contributed by atoms with van der Waals surface area (Å²) in [5.41, 5.74) is 8.24. The third kappa shape index (κ3) is 3.47. The van der Waals surface area contributed by atoms with E-state index in [1.54, 1.807) is 18.5 Å². The van der Waals surface area contributed by atoms with Crippen molar-refractivity contribution in [1.29, 1.82) is 0 Å². The maximum Gasteiger partial charge on any atom is 0.214 e. The van der Waals surface area contributed by atoms with Crippen molar-refractivity contribution in [3.05, 3.63) is 36.7 Å². The Morgan fingerprint density at radius 1 is 1.21 bits per heavy atom. The van der Waals surface area contributed by atoms with Crippen molar-refractivity contribution in [3.63, 3.8) is 0 Å². The van der Waals surface area contributed by atoms with E-state index in [-0.39, 0.29) is 6.54 Å². The number of aromatic nitrogens is 5. The number of nitrogens with zero attached hydrogens (tertiary/aromatic N) is 5. The fourth-order valence-corrected chi connectivity index (χ4v) is 3.39. The van der Waals surface area contributed by atoms with Gasteiger partial charge in [-0.2, -0.15) is 5.10 Å². The summed E-state index contributed by atoms with van der Waals surface area (Å²) in [6.07, 6.45) is 3.93. The lowest BCUT2D eigenvalue weighted by Crippen LogP contribution is -2.26. The van der Waals surface area contributed by atoms with Gasteiger partial charge >= 0.3 is 0 Å². The van der Waals surface area contributed by atoms with Gasteiger partial charge in [-0.05, 0) is 44.9 Å². The van der Waals surface area contributed by atoms with Crippen molar-refractivity contribution in [2.45, 2.75) is 44.9 Å². The van der Waals surface area contributed by atoms with Gasteiger partial charge in [0, 0.05) is 17.0 Å². The average Bonchev–Trinajstić information content (AvgIpc) is 3.41. The largest absolute Gasteiger partial charge is 0.474 e. The summed E-state index contributed by atoms with van der Waals surface area (Å²) in [5, 5.41) is 16.6. The van der Waals surface area contributed by atoms with Gasteiger partial charge in [-0.15, -0.1) is 0 Å². The Morgan fingerprint density at radius 2 is 2.03 bits per heavy atom. The number of nitrogens with two attached hydrogens (primary N) is 1. The Hall–Kier alpha value is -3.26. The lowest BCUT2D eigenvalue weighted by molar-refractivity contribution is 0.0590. The topological polar surface area (TPSA) is 112 Å². The molecule has 0 spiro atoms. The van der Waals surface area contributed by atoms with Gasteiger partial charge in [-0.3, -0.25) is 0 Å². The molecule has 0 aliphatic heterocycles. The van der Waals surface area contributed by atoms with Crippen molar-refractivity contribution in [3.8, 4) is 17.1 Å². The molecule has 1 saturated carbocycles. The molecule has 0 amide bonds. The Bertz CT molecular complexity index is 1220. The highest BCUT2D eigenvalue weighted by molar-refractivity contribution is 5.99. The first-order valence-electron chi connectivity index (χ1n) is 9.65. The summed E-state index contributed by atoms with van der Waals surface area (Å²) in [6.45, 7) is 3.75. The zero-order valence-electron chi connectivity index (χ0n) is 16.3. The third-order valence-corrected chi connectivity index (χ3v) is 4.84. The summed E-state index contributed by atoms with van der Waals surface area (Å²) in [7, 11) is 0. The number of hydrogen-bond donors (Lipinski definition) is 2. The van der Waals surface area contributed by atoms with Crippen molar-refractivity contribution in [2.24, 2.45) is 0 Å². The van der Waals surface area contributed by atoms with E-state index >= 15 is 0 Å². The molecule has 4 aromatic rings. The normalized spacial score (nSPS) is 14.6. The second kappa shape index (κ2) is 6.38. The Balaban J connectivity index is 1.61. The van der Waals surface area contributed by atoms with Crippen LogP contribution in [0.2, 0.25) is 0 Å². The molecule has 3 heterocycles. The molecule has 1 aliphatic rings. The first-order valence-corrected chi connectivity index (χ1v) is 9.65. The summed E-state index contributed by atoms with van der Waals surface area (Å²) < 4.78 is 7.47. The number of rotatable bonds is 5. The number of benzene rings is 1. The number of aliphatic hydroxyl groups is 1. The molecule has 0 atom stereocenters. The standard InChI is InChI=1S/C21H22N6O2/c1-21(2,28)10-27-20-17(19(22)23-11-24-20)18(26-27)13-3-7-15-12(9-13)4-8-16(25-15)29-14-5-6-14/h3-4,7-9,11,14,28H,5-6,10H2,1-2H3,(H2,22,23,24). The molecule has 0 saturated heterocycles. The van der Waals surface area contributed by atoms with Gasteiger partial charge in [-0.1, -0.05) is 6.07 Å². The fraction of sp³-hybridized carbons (Fsp3) is 0.333. The second-order valence-electron chi connectivity index (χ2n) is 8.15. The van der Waals surface area contributed by atoms with Crippen LogP contribution < -0.4 is 10.5 Å². The zero-order chi connectivity index (χ0) is 20.2. The fourth-order valence-electron chi connectivity index (χ4n) is 3.39. The van der Waals surface area contributed by atoms with E-state index in [0.717, 1.165) is 29.3 Å². The van der Waals surface area contributed by atoms with Crippen LogP contribution in [0.15, 0.2) is 36.7 Å². The molecule has 8 heteroatoms. The molecule has 0 radical (unpaired) electrons. The molecule has 0 bridgehead atoms.